The van der Waals surface area contributed by atoms with Crippen LogP contribution in [0.2, 0.25) is 0 Å². The molecule has 114 valence electrons. The fourth-order valence-corrected chi connectivity index (χ4v) is 1.64. The number of alkyl halides is 3. The van der Waals surface area contributed by atoms with Crippen molar-refractivity contribution in [3.63, 3.8) is 0 Å². The molecule has 1 amide bonds. The SMILES string of the molecule is CCCNC(=O)C(C)Nc1ccc(C(F)(F)F)cc1C#N. The van der Waals surface area contributed by atoms with Crippen LogP contribution < -0.4 is 10.6 Å². The van der Waals surface area contributed by atoms with Gasteiger partial charge in [0.15, 0.2) is 0 Å². The number of hydrogen-bond donors (Lipinski definition) is 2. The third kappa shape index (κ3) is 4.67. The number of nitrogens with one attached hydrogen (secondary N) is 2. The molecule has 0 aromatic heterocycles. The van der Waals surface area contributed by atoms with E-state index in [0.717, 1.165) is 24.6 Å². The van der Waals surface area contributed by atoms with Gasteiger partial charge >= 0.3 is 6.18 Å². The Morgan fingerprint density at radius 3 is 2.62 bits per heavy atom. The van der Waals surface area contributed by atoms with E-state index >= 15 is 0 Å². The molecule has 0 saturated heterocycles. The third-order valence-corrected chi connectivity index (χ3v) is 2.78. The molecule has 0 aliphatic rings. The smallest absolute Gasteiger partial charge is 0.373 e. The molecular weight excluding hydrogens is 283 g/mol. The van der Waals surface area contributed by atoms with E-state index in [1.165, 1.54) is 0 Å². The second-order valence-corrected chi connectivity index (χ2v) is 4.53. The minimum Gasteiger partial charge on any atom is -0.373 e. The maximum absolute atomic E-state index is 12.6. The van der Waals surface area contributed by atoms with E-state index < -0.39 is 17.8 Å². The summed E-state index contributed by atoms with van der Waals surface area (Å²) in [6.07, 6.45) is -3.73. The number of halogens is 3. The summed E-state index contributed by atoms with van der Waals surface area (Å²) >= 11 is 0. The Balaban J connectivity index is 2.89. The standard InChI is InChI=1S/C14H16F3N3O/c1-3-6-19-13(21)9(2)20-12-5-4-11(14(15,16)17)7-10(12)8-18/h4-5,7,9,20H,3,6H2,1-2H3,(H,19,21). The van der Waals surface area contributed by atoms with Gasteiger partial charge in [0.05, 0.1) is 16.8 Å². The maximum Gasteiger partial charge on any atom is 0.416 e. The van der Waals surface area contributed by atoms with E-state index in [9.17, 15) is 18.0 Å². The number of anilines is 1. The zero-order chi connectivity index (χ0) is 16.0. The Kier molecular flexibility index (Phi) is 5.59. The molecule has 0 aliphatic carbocycles. The first kappa shape index (κ1) is 16.8. The number of carbonyl (C=O) groups excluding carboxylic acids is 1. The van der Waals surface area contributed by atoms with Gasteiger partial charge in [0.1, 0.15) is 12.1 Å². The minimum atomic E-state index is -4.51. The number of amides is 1. The molecule has 0 aliphatic heterocycles. The van der Waals surface area contributed by atoms with Crippen LogP contribution in [-0.2, 0) is 11.0 Å². The van der Waals surface area contributed by atoms with Gasteiger partial charge in [-0.3, -0.25) is 4.79 Å². The van der Waals surface area contributed by atoms with Gasteiger partial charge in [0.2, 0.25) is 5.91 Å². The molecule has 0 spiro atoms. The van der Waals surface area contributed by atoms with Gasteiger partial charge in [-0.15, -0.1) is 0 Å². The van der Waals surface area contributed by atoms with Crippen molar-refractivity contribution >= 4 is 11.6 Å². The lowest BCUT2D eigenvalue weighted by Gasteiger charge is -2.17. The Morgan fingerprint density at radius 1 is 1.43 bits per heavy atom. The summed E-state index contributed by atoms with van der Waals surface area (Å²) in [4.78, 5) is 11.7. The molecule has 0 bridgehead atoms. The number of rotatable bonds is 5. The molecular formula is C14H16F3N3O. The molecule has 4 nitrogen and oxygen atoms in total. The molecule has 21 heavy (non-hydrogen) atoms. The largest absolute Gasteiger partial charge is 0.416 e. The number of benzene rings is 1. The van der Waals surface area contributed by atoms with Crippen molar-refractivity contribution in [1.82, 2.24) is 5.32 Å². The molecule has 0 radical (unpaired) electrons. The Morgan fingerprint density at radius 2 is 2.10 bits per heavy atom. The average molecular weight is 299 g/mol. The molecule has 1 atom stereocenters. The van der Waals surface area contributed by atoms with Crippen molar-refractivity contribution in [2.75, 3.05) is 11.9 Å². The lowest BCUT2D eigenvalue weighted by molar-refractivity contribution is -0.137. The van der Waals surface area contributed by atoms with Crippen molar-refractivity contribution in [3.8, 4) is 6.07 Å². The maximum atomic E-state index is 12.6. The Bertz CT molecular complexity index is 549. The molecule has 2 N–H and O–H groups in total. The van der Waals surface area contributed by atoms with E-state index in [1.807, 2.05) is 6.92 Å². The van der Waals surface area contributed by atoms with E-state index in [0.29, 0.717) is 6.54 Å². The Hall–Kier alpha value is -2.23. The minimum absolute atomic E-state index is 0.153. The first-order valence-corrected chi connectivity index (χ1v) is 6.45. The molecule has 1 unspecified atom stereocenters. The van der Waals surface area contributed by atoms with Gasteiger partial charge in [-0.25, -0.2) is 0 Å². The summed E-state index contributed by atoms with van der Waals surface area (Å²) in [7, 11) is 0. The second-order valence-electron chi connectivity index (χ2n) is 4.53. The highest BCUT2D eigenvalue weighted by atomic mass is 19.4. The third-order valence-electron chi connectivity index (χ3n) is 2.78. The number of hydrogen-bond acceptors (Lipinski definition) is 3. The van der Waals surface area contributed by atoms with Gasteiger partial charge in [0, 0.05) is 6.54 Å². The number of nitrogens with zero attached hydrogens (tertiary/aromatic N) is 1. The molecule has 1 aromatic carbocycles. The molecule has 7 heteroatoms. The Labute approximate surface area is 121 Å². The highest BCUT2D eigenvalue weighted by Crippen LogP contribution is 2.31. The summed E-state index contributed by atoms with van der Waals surface area (Å²) in [5.74, 6) is -0.277. The highest BCUT2D eigenvalue weighted by Gasteiger charge is 2.31. The van der Waals surface area contributed by atoms with Gasteiger partial charge in [0.25, 0.3) is 0 Å². The zero-order valence-corrected chi connectivity index (χ0v) is 11.7. The van der Waals surface area contributed by atoms with Crippen LogP contribution in [0.5, 0.6) is 0 Å². The molecule has 0 saturated carbocycles. The van der Waals surface area contributed by atoms with Gasteiger partial charge in [-0.1, -0.05) is 6.92 Å². The van der Waals surface area contributed by atoms with Crippen molar-refractivity contribution in [3.05, 3.63) is 29.3 Å². The van der Waals surface area contributed by atoms with Crippen LogP contribution in [0.3, 0.4) is 0 Å². The predicted molar refractivity (Wildman–Crippen MR) is 72.5 cm³/mol. The van der Waals surface area contributed by atoms with E-state index in [1.54, 1.807) is 13.0 Å². The predicted octanol–water partition coefficient (Wildman–Crippen LogP) is 2.90. The van der Waals surface area contributed by atoms with Crippen molar-refractivity contribution in [2.45, 2.75) is 32.5 Å². The lowest BCUT2D eigenvalue weighted by Crippen LogP contribution is -2.38. The van der Waals surface area contributed by atoms with Crippen LogP contribution in [-0.4, -0.2) is 18.5 Å². The van der Waals surface area contributed by atoms with Gasteiger partial charge in [-0.2, -0.15) is 18.4 Å². The van der Waals surface area contributed by atoms with Crippen molar-refractivity contribution < 1.29 is 18.0 Å². The highest BCUT2D eigenvalue weighted by molar-refractivity contribution is 5.84. The summed E-state index contributed by atoms with van der Waals surface area (Å²) in [6.45, 7) is 3.99. The summed E-state index contributed by atoms with van der Waals surface area (Å²) in [6, 6.07) is 3.84. The quantitative estimate of drug-likeness (QED) is 0.878. The first-order valence-electron chi connectivity index (χ1n) is 6.45. The first-order chi connectivity index (χ1) is 9.79. The van der Waals surface area contributed by atoms with Crippen LogP contribution in [0.4, 0.5) is 18.9 Å². The lowest BCUT2D eigenvalue weighted by atomic mass is 10.1. The van der Waals surface area contributed by atoms with Crippen LogP contribution in [0.15, 0.2) is 18.2 Å². The summed E-state index contributed by atoms with van der Waals surface area (Å²) < 4.78 is 37.7. The fourth-order valence-electron chi connectivity index (χ4n) is 1.64. The molecule has 1 aromatic rings. The summed E-state index contributed by atoms with van der Waals surface area (Å²) in [5, 5.41) is 14.4. The topological polar surface area (TPSA) is 64.9 Å². The molecule has 0 heterocycles. The normalized spacial score (nSPS) is 12.4. The van der Waals surface area contributed by atoms with Crippen molar-refractivity contribution in [1.29, 1.82) is 5.26 Å². The monoisotopic (exact) mass is 299 g/mol. The fraction of sp³-hybridized carbons (Fsp3) is 0.429. The van der Waals surface area contributed by atoms with Crippen molar-refractivity contribution in [2.24, 2.45) is 0 Å². The van der Waals surface area contributed by atoms with Crippen LogP contribution >= 0.6 is 0 Å². The van der Waals surface area contributed by atoms with Crippen LogP contribution in [0, 0.1) is 11.3 Å². The molecule has 1 rings (SSSR count). The van der Waals surface area contributed by atoms with E-state index in [2.05, 4.69) is 10.6 Å². The van der Waals surface area contributed by atoms with Crippen LogP contribution in [0.1, 0.15) is 31.4 Å². The van der Waals surface area contributed by atoms with Gasteiger partial charge in [-0.05, 0) is 31.5 Å². The van der Waals surface area contributed by atoms with E-state index in [-0.39, 0.29) is 17.2 Å². The zero-order valence-electron chi connectivity index (χ0n) is 11.7. The average Bonchev–Trinajstić information content (AvgIpc) is 2.43. The van der Waals surface area contributed by atoms with Gasteiger partial charge < -0.3 is 10.6 Å². The summed E-state index contributed by atoms with van der Waals surface area (Å²) in [5.41, 5.74) is -0.850. The number of carbonyl (C=O) groups is 1. The van der Waals surface area contributed by atoms with Crippen LogP contribution in [0.25, 0.3) is 0 Å². The second kappa shape index (κ2) is 6.97. The number of nitriles is 1. The molecule has 0 fully saturated rings. The van der Waals surface area contributed by atoms with E-state index in [4.69, 9.17) is 5.26 Å².